The second-order valence-electron chi connectivity index (χ2n) is 7.83. The summed E-state index contributed by atoms with van der Waals surface area (Å²) < 4.78 is 5.33. The van der Waals surface area contributed by atoms with Crippen molar-refractivity contribution in [2.45, 2.75) is 46.1 Å². The molecule has 1 saturated carbocycles. The van der Waals surface area contributed by atoms with Gasteiger partial charge in [-0.2, -0.15) is 0 Å². The molecule has 0 bridgehead atoms. The molecule has 2 aromatic carbocycles. The van der Waals surface area contributed by atoms with E-state index in [0.717, 1.165) is 53.8 Å². The van der Waals surface area contributed by atoms with Crippen LogP contribution in [-0.4, -0.2) is 18.9 Å². The lowest BCUT2D eigenvalue weighted by Crippen LogP contribution is -2.35. The summed E-state index contributed by atoms with van der Waals surface area (Å²) in [6.45, 7) is 4.47. The summed E-state index contributed by atoms with van der Waals surface area (Å²) in [5.74, 6) is 0.834. The molecular formula is C24H30N2O3. The molecule has 2 N–H and O–H groups in total. The molecule has 0 spiro atoms. The van der Waals surface area contributed by atoms with Crippen molar-refractivity contribution in [1.82, 2.24) is 5.32 Å². The zero-order chi connectivity index (χ0) is 20.8. The van der Waals surface area contributed by atoms with Gasteiger partial charge in [-0.3, -0.25) is 9.59 Å². The van der Waals surface area contributed by atoms with E-state index in [1.165, 1.54) is 0 Å². The van der Waals surface area contributed by atoms with Crippen LogP contribution in [0.2, 0.25) is 0 Å². The molecule has 0 heterocycles. The van der Waals surface area contributed by atoms with Gasteiger partial charge in [-0.25, -0.2) is 0 Å². The summed E-state index contributed by atoms with van der Waals surface area (Å²) in [5.41, 5.74) is 4.02. The quantitative estimate of drug-likeness (QED) is 0.764. The van der Waals surface area contributed by atoms with Crippen LogP contribution in [0.3, 0.4) is 0 Å². The van der Waals surface area contributed by atoms with Crippen LogP contribution in [0.25, 0.3) is 0 Å². The predicted octanol–water partition coefficient (Wildman–Crippen LogP) is 4.37. The van der Waals surface area contributed by atoms with Gasteiger partial charge in [0, 0.05) is 29.6 Å². The number of hydrogen-bond donors (Lipinski definition) is 2. The van der Waals surface area contributed by atoms with Gasteiger partial charge in [0.2, 0.25) is 11.8 Å². The van der Waals surface area contributed by atoms with Crippen molar-refractivity contribution in [2.75, 3.05) is 12.4 Å². The standard InChI is InChI=1S/C24H30N2O3/c1-16-7-6-8-17(2)22(16)26-24(28)19-13-11-18(12-14-19)23(27)25-15-20-9-4-5-10-21(20)29-3/h4-10,18-19H,11-15H2,1-3H3,(H,25,27)(H,26,28). The monoisotopic (exact) mass is 394 g/mol. The average molecular weight is 395 g/mol. The first-order chi connectivity index (χ1) is 14.0. The molecule has 0 saturated heterocycles. The zero-order valence-electron chi connectivity index (χ0n) is 17.5. The minimum absolute atomic E-state index is 0.0334. The van der Waals surface area contributed by atoms with E-state index < -0.39 is 0 Å². The number of para-hydroxylation sites is 2. The number of aryl methyl sites for hydroxylation is 2. The maximum atomic E-state index is 12.7. The minimum Gasteiger partial charge on any atom is -0.496 e. The minimum atomic E-state index is -0.0349. The molecule has 1 aliphatic carbocycles. The highest BCUT2D eigenvalue weighted by Gasteiger charge is 2.30. The summed E-state index contributed by atoms with van der Waals surface area (Å²) in [7, 11) is 1.63. The van der Waals surface area contributed by atoms with Gasteiger partial charge in [-0.05, 0) is 56.7 Å². The maximum absolute atomic E-state index is 12.7. The van der Waals surface area contributed by atoms with Crippen molar-refractivity contribution >= 4 is 17.5 Å². The Morgan fingerprint density at radius 1 is 0.897 bits per heavy atom. The van der Waals surface area contributed by atoms with E-state index in [4.69, 9.17) is 4.74 Å². The van der Waals surface area contributed by atoms with E-state index in [0.29, 0.717) is 6.54 Å². The number of carbonyl (C=O) groups is 2. The van der Waals surface area contributed by atoms with Crippen LogP contribution in [0.5, 0.6) is 5.75 Å². The molecule has 1 aliphatic rings. The number of anilines is 1. The Morgan fingerprint density at radius 3 is 2.10 bits per heavy atom. The first-order valence-corrected chi connectivity index (χ1v) is 10.3. The first kappa shape index (κ1) is 20.9. The first-order valence-electron chi connectivity index (χ1n) is 10.3. The Kier molecular flexibility index (Phi) is 6.91. The molecule has 154 valence electrons. The normalized spacial score (nSPS) is 18.7. The van der Waals surface area contributed by atoms with Crippen molar-refractivity contribution in [2.24, 2.45) is 11.8 Å². The molecule has 0 radical (unpaired) electrons. The number of rotatable bonds is 6. The highest BCUT2D eigenvalue weighted by atomic mass is 16.5. The van der Waals surface area contributed by atoms with Crippen LogP contribution in [0.1, 0.15) is 42.4 Å². The lowest BCUT2D eigenvalue weighted by molar-refractivity contribution is -0.128. The number of ether oxygens (including phenoxy) is 1. The molecule has 0 aliphatic heterocycles. The fourth-order valence-electron chi connectivity index (χ4n) is 4.03. The molecule has 0 atom stereocenters. The Bertz CT molecular complexity index is 850. The largest absolute Gasteiger partial charge is 0.496 e. The third kappa shape index (κ3) is 5.17. The van der Waals surface area contributed by atoms with Crippen molar-refractivity contribution in [3.8, 4) is 5.75 Å². The Morgan fingerprint density at radius 2 is 1.48 bits per heavy atom. The van der Waals surface area contributed by atoms with Gasteiger partial charge in [0.25, 0.3) is 0 Å². The molecule has 0 aromatic heterocycles. The number of hydrogen-bond acceptors (Lipinski definition) is 3. The lowest BCUT2D eigenvalue weighted by atomic mass is 9.81. The average Bonchev–Trinajstić information content (AvgIpc) is 2.75. The van der Waals surface area contributed by atoms with Gasteiger partial charge in [-0.15, -0.1) is 0 Å². The van der Waals surface area contributed by atoms with E-state index in [1.807, 2.05) is 56.3 Å². The number of amides is 2. The molecule has 0 unspecified atom stereocenters. The number of carbonyl (C=O) groups excluding carboxylic acids is 2. The smallest absolute Gasteiger partial charge is 0.227 e. The number of nitrogens with one attached hydrogen (secondary N) is 2. The fourth-order valence-corrected chi connectivity index (χ4v) is 4.03. The van der Waals surface area contributed by atoms with Crippen molar-refractivity contribution in [3.05, 3.63) is 59.2 Å². The molecule has 1 fully saturated rings. The SMILES string of the molecule is COc1ccccc1CNC(=O)C1CCC(C(=O)Nc2c(C)cccc2C)CC1. The number of benzene rings is 2. The van der Waals surface area contributed by atoms with Gasteiger partial charge < -0.3 is 15.4 Å². The van der Waals surface area contributed by atoms with Gasteiger partial charge in [0.1, 0.15) is 5.75 Å². The van der Waals surface area contributed by atoms with Crippen LogP contribution in [0.4, 0.5) is 5.69 Å². The highest BCUT2D eigenvalue weighted by molar-refractivity contribution is 5.94. The lowest BCUT2D eigenvalue weighted by Gasteiger charge is -2.27. The molecule has 5 heteroatoms. The van der Waals surface area contributed by atoms with Gasteiger partial charge in [0.05, 0.1) is 7.11 Å². The Labute approximate surface area is 172 Å². The summed E-state index contributed by atoms with van der Waals surface area (Å²) in [5, 5.41) is 6.12. The zero-order valence-corrected chi connectivity index (χ0v) is 17.5. The fraction of sp³-hybridized carbons (Fsp3) is 0.417. The summed E-state index contributed by atoms with van der Waals surface area (Å²) >= 11 is 0. The van der Waals surface area contributed by atoms with Crippen LogP contribution in [0.15, 0.2) is 42.5 Å². The second kappa shape index (κ2) is 9.59. The van der Waals surface area contributed by atoms with Crippen LogP contribution >= 0.6 is 0 Å². The summed E-state index contributed by atoms with van der Waals surface area (Å²) in [6, 6.07) is 13.7. The van der Waals surface area contributed by atoms with Crippen LogP contribution in [-0.2, 0) is 16.1 Å². The van der Waals surface area contributed by atoms with Crippen LogP contribution < -0.4 is 15.4 Å². The molecule has 5 nitrogen and oxygen atoms in total. The molecule has 29 heavy (non-hydrogen) atoms. The van der Waals surface area contributed by atoms with Crippen molar-refractivity contribution in [1.29, 1.82) is 0 Å². The van der Waals surface area contributed by atoms with E-state index >= 15 is 0 Å². The van der Waals surface area contributed by atoms with E-state index in [2.05, 4.69) is 10.6 Å². The predicted molar refractivity (Wildman–Crippen MR) is 115 cm³/mol. The Hall–Kier alpha value is -2.82. The highest BCUT2D eigenvalue weighted by Crippen LogP contribution is 2.31. The molecule has 2 aromatic rings. The Balaban J connectivity index is 1.49. The molecule has 3 rings (SSSR count). The van der Waals surface area contributed by atoms with Crippen molar-refractivity contribution < 1.29 is 14.3 Å². The van der Waals surface area contributed by atoms with Gasteiger partial charge in [0.15, 0.2) is 0 Å². The third-order valence-corrected chi connectivity index (χ3v) is 5.84. The van der Waals surface area contributed by atoms with Crippen LogP contribution in [0, 0.1) is 25.7 Å². The van der Waals surface area contributed by atoms with E-state index in [1.54, 1.807) is 7.11 Å². The van der Waals surface area contributed by atoms with E-state index in [9.17, 15) is 9.59 Å². The second-order valence-corrected chi connectivity index (χ2v) is 7.83. The summed E-state index contributed by atoms with van der Waals surface area (Å²) in [4.78, 5) is 25.3. The topological polar surface area (TPSA) is 67.4 Å². The molecular weight excluding hydrogens is 364 g/mol. The number of methoxy groups -OCH3 is 1. The van der Waals surface area contributed by atoms with E-state index in [-0.39, 0.29) is 23.7 Å². The van der Waals surface area contributed by atoms with Gasteiger partial charge in [-0.1, -0.05) is 36.4 Å². The van der Waals surface area contributed by atoms with Crippen molar-refractivity contribution in [3.63, 3.8) is 0 Å². The van der Waals surface area contributed by atoms with Gasteiger partial charge >= 0.3 is 0 Å². The summed E-state index contributed by atoms with van der Waals surface area (Å²) in [6.07, 6.45) is 2.96. The maximum Gasteiger partial charge on any atom is 0.227 e. The molecule has 2 amide bonds. The third-order valence-electron chi connectivity index (χ3n) is 5.84.